The predicted molar refractivity (Wildman–Crippen MR) is 64.7 cm³/mol. The molecule has 0 bridgehead atoms. The van der Waals surface area contributed by atoms with Crippen LogP contribution in [-0.2, 0) is 0 Å². The SMILES string of the molecule is Cc1ccc(NC(=NC(C)C)NN)cc1F. The molecule has 0 fully saturated rings. The maximum Gasteiger partial charge on any atom is 0.210 e. The van der Waals surface area contributed by atoms with Gasteiger partial charge in [-0.05, 0) is 38.5 Å². The third-order valence-corrected chi connectivity index (χ3v) is 1.96. The van der Waals surface area contributed by atoms with E-state index in [4.69, 9.17) is 5.84 Å². The third-order valence-electron chi connectivity index (χ3n) is 1.96. The van der Waals surface area contributed by atoms with Crippen molar-refractivity contribution in [3.63, 3.8) is 0 Å². The molecule has 0 aliphatic carbocycles. The molecule has 5 heteroatoms. The molecule has 88 valence electrons. The molecule has 0 aromatic heterocycles. The number of nitrogens with one attached hydrogen (secondary N) is 2. The molecule has 4 N–H and O–H groups in total. The van der Waals surface area contributed by atoms with Crippen LogP contribution < -0.4 is 16.6 Å². The maximum atomic E-state index is 13.3. The highest BCUT2D eigenvalue weighted by Gasteiger charge is 2.02. The zero-order chi connectivity index (χ0) is 12.1. The standard InChI is InChI=1S/C11H17FN4/c1-7(2)14-11(16-13)15-9-5-4-8(3)10(12)6-9/h4-7H,13H2,1-3H3,(H2,14,15,16). The largest absolute Gasteiger partial charge is 0.325 e. The summed E-state index contributed by atoms with van der Waals surface area (Å²) < 4.78 is 13.3. The normalized spacial score (nSPS) is 11.8. The van der Waals surface area contributed by atoms with Crippen molar-refractivity contribution in [1.29, 1.82) is 0 Å². The Morgan fingerprint density at radius 2 is 2.12 bits per heavy atom. The quantitative estimate of drug-likeness (QED) is 0.310. The third kappa shape index (κ3) is 3.51. The van der Waals surface area contributed by atoms with E-state index in [1.54, 1.807) is 19.1 Å². The van der Waals surface area contributed by atoms with Gasteiger partial charge in [-0.3, -0.25) is 5.43 Å². The summed E-state index contributed by atoms with van der Waals surface area (Å²) >= 11 is 0. The summed E-state index contributed by atoms with van der Waals surface area (Å²) in [5, 5.41) is 2.90. The first kappa shape index (κ1) is 12.4. The van der Waals surface area contributed by atoms with E-state index in [1.165, 1.54) is 6.07 Å². The zero-order valence-electron chi connectivity index (χ0n) is 9.71. The Morgan fingerprint density at radius 1 is 1.44 bits per heavy atom. The van der Waals surface area contributed by atoms with Crippen LogP contribution in [-0.4, -0.2) is 12.0 Å². The van der Waals surface area contributed by atoms with Crippen LogP contribution in [0.2, 0.25) is 0 Å². The van der Waals surface area contributed by atoms with E-state index < -0.39 is 0 Å². The van der Waals surface area contributed by atoms with Crippen LogP contribution in [0.25, 0.3) is 0 Å². The van der Waals surface area contributed by atoms with Gasteiger partial charge in [-0.1, -0.05) is 6.07 Å². The van der Waals surface area contributed by atoms with Gasteiger partial charge in [0.1, 0.15) is 5.82 Å². The van der Waals surface area contributed by atoms with Crippen LogP contribution >= 0.6 is 0 Å². The van der Waals surface area contributed by atoms with Crippen LogP contribution in [0.4, 0.5) is 10.1 Å². The molecule has 1 rings (SSSR count). The minimum Gasteiger partial charge on any atom is -0.325 e. The van der Waals surface area contributed by atoms with Crippen molar-refractivity contribution < 1.29 is 4.39 Å². The summed E-state index contributed by atoms with van der Waals surface area (Å²) in [6.07, 6.45) is 0. The van der Waals surface area contributed by atoms with Crippen molar-refractivity contribution in [2.24, 2.45) is 10.8 Å². The van der Waals surface area contributed by atoms with Crippen LogP contribution in [0, 0.1) is 12.7 Å². The van der Waals surface area contributed by atoms with Crippen LogP contribution in [0.15, 0.2) is 23.2 Å². The highest BCUT2D eigenvalue weighted by molar-refractivity contribution is 5.93. The first-order valence-electron chi connectivity index (χ1n) is 5.10. The van der Waals surface area contributed by atoms with E-state index in [1.807, 2.05) is 13.8 Å². The molecule has 0 atom stereocenters. The molecular weight excluding hydrogens is 207 g/mol. The van der Waals surface area contributed by atoms with E-state index in [0.29, 0.717) is 17.2 Å². The minimum atomic E-state index is -0.258. The van der Waals surface area contributed by atoms with Gasteiger partial charge in [0.25, 0.3) is 0 Å². The van der Waals surface area contributed by atoms with Gasteiger partial charge >= 0.3 is 0 Å². The molecule has 0 heterocycles. The molecule has 4 nitrogen and oxygen atoms in total. The zero-order valence-corrected chi connectivity index (χ0v) is 9.71. The second kappa shape index (κ2) is 5.46. The molecule has 0 saturated carbocycles. The smallest absolute Gasteiger partial charge is 0.210 e. The summed E-state index contributed by atoms with van der Waals surface area (Å²) in [5.74, 6) is 5.46. The number of aryl methyl sites for hydroxylation is 1. The minimum absolute atomic E-state index is 0.105. The lowest BCUT2D eigenvalue weighted by Gasteiger charge is -2.10. The molecule has 0 unspecified atom stereocenters. The van der Waals surface area contributed by atoms with Gasteiger partial charge in [0.05, 0.1) is 0 Å². The number of hydrazine groups is 1. The Kier molecular flexibility index (Phi) is 4.25. The Hall–Kier alpha value is -1.62. The van der Waals surface area contributed by atoms with Crippen molar-refractivity contribution in [2.45, 2.75) is 26.8 Å². The summed E-state index contributed by atoms with van der Waals surface area (Å²) in [5.41, 5.74) is 3.65. The Morgan fingerprint density at radius 3 is 2.62 bits per heavy atom. The number of nitrogens with zero attached hydrogens (tertiary/aromatic N) is 1. The van der Waals surface area contributed by atoms with Crippen molar-refractivity contribution >= 4 is 11.6 Å². The van der Waals surface area contributed by atoms with Gasteiger partial charge < -0.3 is 5.32 Å². The fraction of sp³-hybridized carbons (Fsp3) is 0.364. The van der Waals surface area contributed by atoms with Crippen molar-refractivity contribution in [2.75, 3.05) is 5.32 Å². The number of guanidine groups is 1. The van der Waals surface area contributed by atoms with Crippen molar-refractivity contribution in [1.82, 2.24) is 5.43 Å². The fourth-order valence-corrected chi connectivity index (χ4v) is 1.17. The van der Waals surface area contributed by atoms with Gasteiger partial charge in [-0.25, -0.2) is 15.2 Å². The molecule has 0 saturated heterocycles. The lowest BCUT2D eigenvalue weighted by Crippen LogP contribution is -2.37. The monoisotopic (exact) mass is 224 g/mol. The molecule has 0 amide bonds. The summed E-state index contributed by atoms with van der Waals surface area (Å²) in [7, 11) is 0. The van der Waals surface area contributed by atoms with Crippen LogP contribution in [0.3, 0.4) is 0 Å². The summed E-state index contributed by atoms with van der Waals surface area (Å²) in [6, 6.07) is 4.98. The number of hydrogen-bond donors (Lipinski definition) is 3. The molecule has 1 aromatic carbocycles. The first-order chi connectivity index (χ1) is 7.52. The van der Waals surface area contributed by atoms with Gasteiger partial charge in [-0.15, -0.1) is 0 Å². The Balaban J connectivity index is 2.82. The summed E-state index contributed by atoms with van der Waals surface area (Å²) in [4.78, 5) is 4.19. The van der Waals surface area contributed by atoms with Gasteiger partial charge in [0.2, 0.25) is 5.96 Å². The fourth-order valence-electron chi connectivity index (χ4n) is 1.17. The lowest BCUT2D eigenvalue weighted by molar-refractivity contribution is 0.619. The Labute approximate surface area is 94.7 Å². The molecule has 1 aromatic rings. The molecule has 0 spiro atoms. The lowest BCUT2D eigenvalue weighted by atomic mass is 10.2. The van der Waals surface area contributed by atoms with Gasteiger partial charge in [0, 0.05) is 11.7 Å². The number of rotatable bonds is 2. The topological polar surface area (TPSA) is 62.4 Å². The number of benzene rings is 1. The highest BCUT2D eigenvalue weighted by Crippen LogP contribution is 2.13. The average molecular weight is 224 g/mol. The molecule has 0 radical (unpaired) electrons. The van der Waals surface area contributed by atoms with Crippen LogP contribution in [0.1, 0.15) is 19.4 Å². The number of nitrogens with two attached hydrogens (primary N) is 1. The predicted octanol–water partition coefficient (Wildman–Crippen LogP) is 1.77. The highest BCUT2D eigenvalue weighted by atomic mass is 19.1. The summed E-state index contributed by atoms with van der Waals surface area (Å²) in [6.45, 7) is 5.56. The van der Waals surface area contributed by atoms with Crippen LogP contribution in [0.5, 0.6) is 0 Å². The van der Waals surface area contributed by atoms with Crippen molar-refractivity contribution in [3.05, 3.63) is 29.6 Å². The first-order valence-corrected chi connectivity index (χ1v) is 5.10. The van der Waals surface area contributed by atoms with E-state index in [0.717, 1.165) is 0 Å². The van der Waals surface area contributed by atoms with Gasteiger partial charge in [0.15, 0.2) is 0 Å². The maximum absolute atomic E-state index is 13.3. The number of anilines is 1. The number of hydrogen-bond acceptors (Lipinski definition) is 2. The van der Waals surface area contributed by atoms with E-state index in [2.05, 4.69) is 15.7 Å². The molecular formula is C11H17FN4. The Bertz CT molecular complexity index is 388. The second-order valence-corrected chi connectivity index (χ2v) is 3.80. The molecule has 0 aliphatic heterocycles. The van der Waals surface area contributed by atoms with E-state index in [-0.39, 0.29) is 11.9 Å². The second-order valence-electron chi connectivity index (χ2n) is 3.80. The van der Waals surface area contributed by atoms with Gasteiger partial charge in [-0.2, -0.15) is 0 Å². The average Bonchev–Trinajstić information content (AvgIpc) is 2.22. The number of aliphatic imine (C=N–C) groups is 1. The van der Waals surface area contributed by atoms with Crippen molar-refractivity contribution in [3.8, 4) is 0 Å². The van der Waals surface area contributed by atoms with E-state index >= 15 is 0 Å². The van der Waals surface area contributed by atoms with E-state index in [9.17, 15) is 4.39 Å². The molecule has 16 heavy (non-hydrogen) atoms. The number of halogens is 1. The molecule has 0 aliphatic rings.